The summed E-state index contributed by atoms with van der Waals surface area (Å²) in [4.78, 5) is 4.60. The van der Waals surface area contributed by atoms with Crippen LogP contribution < -0.4 is 5.48 Å². The van der Waals surface area contributed by atoms with Gasteiger partial charge in [0, 0.05) is 12.1 Å². The van der Waals surface area contributed by atoms with Crippen molar-refractivity contribution in [2.24, 2.45) is 0 Å². The zero-order valence-electron chi connectivity index (χ0n) is 7.60. The van der Waals surface area contributed by atoms with Gasteiger partial charge < -0.3 is 9.94 Å². The number of hydrogen-bond acceptors (Lipinski definition) is 3. The van der Waals surface area contributed by atoms with Gasteiger partial charge in [-0.3, -0.25) is 0 Å². The van der Waals surface area contributed by atoms with Crippen molar-refractivity contribution in [1.29, 1.82) is 0 Å². The van der Waals surface area contributed by atoms with Gasteiger partial charge in [-0.1, -0.05) is 6.07 Å². The second kappa shape index (κ2) is 4.20. The van der Waals surface area contributed by atoms with Crippen LogP contribution in [0.4, 0.5) is 4.39 Å². The van der Waals surface area contributed by atoms with Crippen LogP contribution in [0.15, 0.2) is 12.1 Å². The van der Waals surface area contributed by atoms with Crippen LogP contribution in [0.2, 0.25) is 0 Å². The van der Waals surface area contributed by atoms with Crippen molar-refractivity contribution in [3.05, 3.63) is 29.1 Å². The van der Waals surface area contributed by atoms with Gasteiger partial charge in [-0.25, -0.2) is 4.39 Å². The van der Waals surface area contributed by atoms with Crippen molar-refractivity contribution in [2.45, 2.75) is 13.5 Å². The molecule has 4 heteroatoms. The molecule has 0 amide bonds. The van der Waals surface area contributed by atoms with Crippen molar-refractivity contribution in [3.63, 3.8) is 0 Å². The summed E-state index contributed by atoms with van der Waals surface area (Å²) >= 11 is 0. The van der Waals surface area contributed by atoms with E-state index in [-0.39, 0.29) is 12.3 Å². The third-order valence-corrected chi connectivity index (χ3v) is 1.69. The smallest absolute Gasteiger partial charge is 0.165 e. The lowest BCUT2D eigenvalue weighted by Gasteiger charge is -2.06. The molecular formula is C9H12FNO2. The van der Waals surface area contributed by atoms with E-state index in [1.807, 2.05) is 0 Å². The summed E-state index contributed by atoms with van der Waals surface area (Å²) in [5.74, 6) is -0.928. The Kier molecular flexibility index (Phi) is 3.22. The average Bonchev–Trinajstić information content (AvgIpc) is 2.09. The molecule has 0 heterocycles. The first-order valence-corrected chi connectivity index (χ1v) is 3.89. The molecule has 2 N–H and O–H groups in total. The maximum absolute atomic E-state index is 12.9. The normalized spacial score (nSPS) is 10.4. The van der Waals surface area contributed by atoms with Gasteiger partial charge >= 0.3 is 0 Å². The molecule has 0 bridgehead atoms. The molecule has 0 aliphatic heterocycles. The predicted octanol–water partition coefficient (Wildman–Crippen LogP) is 1.49. The van der Waals surface area contributed by atoms with E-state index in [0.29, 0.717) is 5.56 Å². The number of halogens is 1. The largest absolute Gasteiger partial charge is 0.505 e. The minimum absolute atomic E-state index is 0.279. The second-order valence-electron chi connectivity index (χ2n) is 2.78. The van der Waals surface area contributed by atoms with Gasteiger partial charge in [0.15, 0.2) is 11.6 Å². The molecule has 0 spiro atoms. The van der Waals surface area contributed by atoms with Gasteiger partial charge in [0.05, 0.1) is 7.11 Å². The van der Waals surface area contributed by atoms with E-state index in [4.69, 9.17) is 0 Å². The van der Waals surface area contributed by atoms with Crippen LogP contribution in [-0.4, -0.2) is 12.2 Å². The van der Waals surface area contributed by atoms with Crippen LogP contribution in [0.5, 0.6) is 5.75 Å². The molecule has 1 rings (SSSR count). The number of aromatic hydroxyl groups is 1. The lowest BCUT2D eigenvalue weighted by Crippen LogP contribution is -2.11. The third kappa shape index (κ3) is 2.40. The Morgan fingerprint density at radius 1 is 1.54 bits per heavy atom. The van der Waals surface area contributed by atoms with Gasteiger partial charge in [-0.15, -0.1) is 0 Å². The van der Waals surface area contributed by atoms with Gasteiger partial charge in [0.2, 0.25) is 0 Å². The Bertz CT molecular complexity index is 302. The molecule has 0 saturated carbocycles. The number of aryl methyl sites for hydroxylation is 1. The molecule has 0 radical (unpaired) electrons. The van der Waals surface area contributed by atoms with Crippen LogP contribution in [0, 0.1) is 12.7 Å². The second-order valence-corrected chi connectivity index (χ2v) is 2.78. The van der Waals surface area contributed by atoms with Gasteiger partial charge in [-0.2, -0.15) is 5.48 Å². The minimum Gasteiger partial charge on any atom is -0.505 e. The highest BCUT2D eigenvalue weighted by molar-refractivity contribution is 5.36. The van der Waals surface area contributed by atoms with E-state index in [9.17, 15) is 9.50 Å². The first-order chi connectivity index (χ1) is 6.15. The number of hydroxylamine groups is 1. The molecule has 0 aliphatic carbocycles. The highest BCUT2D eigenvalue weighted by Crippen LogP contribution is 2.22. The fourth-order valence-electron chi connectivity index (χ4n) is 1.09. The van der Waals surface area contributed by atoms with E-state index in [2.05, 4.69) is 10.3 Å². The van der Waals surface area contributed by atoms with Crippen molar-refractivity contribution in [3.8, 4) is 5.75 Å². The van der Waals surface area contributed by atoms with Crippen LogP contribution in [0.1, 0.15) is 11.1 Å². The summed E-state index contributed by atoms with van der Waals surface area (Å²) in [6.07, 6.45) is 0. The van der Waals surface area contributed by atoms with Gasteiger partial charge in [0.25, 0.3) is 0 Å². The maximum atomic E-state index is 12.9. The fourth-order valence-corrected chi connectivity index (χ4v) is 1.09. The first-order valence-electron chi connectivity index (χ1n) is 3.89. The Balaban J connectivity index is 2.92. The standard InChI is InChI=1S/C9H12FNO2/c1-6-3-7(5-11-13-2)9(12)8(10)4-6/h3-4,11-12H,5H2,1-2H3. The number of nitrogens with one attached hydrogen (secondary N) is 1. The summed E-state index contributed by atoms with van der Waals surface area (Å²) in [6, 6.07) is 2.98. The van der Waals surface area contributed by atoms with Crippen molar-refractivity contribution < 1.29 is 14.3 Å². The monoisotopic (exact) mass is 185 g/mol. The molecule has 0 fully saturated rings. The summed E-state index contributed by atoms with van der Waals surface area (Å²) in [5, 5.41) is 9.28. The number of phenols is 1. The van der Waals surface area contributed by atoms with E-state index in [0.717, 1.165) is 5.56 Å². The molecule has 72 valence electrons. The molecule has 0 unspecified atom stereocenters. The Hall–Kier alpha value is -1.13. The topological polar surface area (TPSA) is 41.5 Å². The number of benzene rings is 1. The highest BCUT2D eigenvalue weighted by atomic mass is 19.1. The van der Waals surface area contributed by atoms with E-state index in [1.165, 1.54) is 13.2 Å². The van der Waals surface area contributed by atoms with Crippen molar-refractivity contribution >= 4 is 0 Å². The molecule has 0 aromatic heterocycles. The summed E-state index contributed by atoms with van der Waals surface area (Å²) in [5.41, 5.74) is 3.79. The first kappa shape index (κ1) is 9.95. The number of phenolic OH excluding ortho intramolecular Hbond substituents is 1. The third-order valence-electron chi connectivity index (χ3n) is 1.69. The van der Waals surface area contributed by atoms with Gasteiger partial charge in [0.1, 0.15) is 0 Å². The molecule has 1 aromatic carbocycles. The predicted molar refractivity (Wildman–Crippen MR) is 46.7 cm³/mol. The lowest BCUT2D eigenvalue weighted by molar-refractivity contribution is 0.0860. The Labute approximate surface area is 76.1 Å². The zero-order chi connectivity index (χ0) is 9.84. The van der Waals surface area contributed by atoms with Crippen LogP contribution >= 0.6 is 0 Å². The lowest BCUT2D eigenvalue weighted by atomic mass is 10.1. The van der Waals surface area contributed by atoms with Crippen LogP contribution in [0.3, 0.4) is 0 Å². The van der Waals surface area contributed by atoms with E-state index in [1.54, 1.807) is 13.0 Å². The highest BCUT2D eigenvalue weighted by Gasteiger charge is 2.07. The summed E-state index contributed by atoms with van der Waals surface area (Å²) in [7, 11) is 1.46. The molecule has 3 nitrogen and oxygen atoms in total. The molecular weight excluding hydrogens is 173 g/mol. The fraction of sp³-hybridized carbons (Fsp3) is 0.333. The summed E-state index contributed by atoms with van der Waals surface area (Å²) < 4.78 is 12.9. The minimum atomic E-state index is -0.604. The SMILES string of the molecule is CONCc1cc(C)cc(F)c1O. The summed E-state index contributed by atoms with van der Waals surface area (Å²) in [6.45, 7) is 2.04. The average molecular weight is 185 g/mol. The molecule has 0 saturated heterocycles. The molecule has 1 aromatic rings. The van der Waals surface area contributed by atoms with Crippen LogP contribution in [0.25, 0.3) is 0 Å². The number of rotatable bonds is 3. The van der Waals surface area contributed by atoms with Gasteiger partial charge in [-0.05, 0) is 18.6 Å². The maximum Gasteiger partial charge on any atom is 0.165 e. The van der Waals surface area contributed by atoms with Crippen molar-refractivity contribution in [2.75, 3.05) is 7.11 Å². The van der Waals surface area contributed by atoms with E-state index >= 15 is 0 Å². The Morgan fingerprint density at radius 2 is 2.23 bits per heavy atom. The zero-order valence-corrected chi connectivity index (χ0v) is 7.60. The molecule has 0 atom stereocenters. The van der Waals surface area contributed by atoms with Crippen molar-refractivity contribution in [1.82, 2.24) is 5.48 Å². The quantitative estimate of drug-likeness (QED) is 0.701. The molecule has 0 aliphatic rings. The molecule has 13 heavy (non-hydrogen) atoms. The van der Waals surface area contributed by atoms with E-state index < -0.39 is 5.82 Å². The Morgan fingerprint density at radius 3 is 2.85 bits per heavy atom. The van der Waals surface area contributed by atoms with Crippen LogP contribution in [-0.2, 0) is 11.4 Å². The number of hydrogen-bond donors (Lipinski definition) is 2.